The molecule has 2 heteroatoms. The predicted octanol–water partition coefficient (Wildman–Crippen LogP) is 3.24. The van der Waals surface area contributed by atoms with Gasteiger partial charge >= 0.3 is 0 Å². The number of rotatable bonds is 3. The first kappa shape index (κ1) is 13.4. The third kappa shape index (κ3) is 3.05. The van der Waals surface area contributed by atoms with E-state index < -0.39 is 0 Å². The molecular weight excluding hydrogens is 222 g/mol. The van der Waals surface area contributed by atoms with Crippen LogP contribution in [-0.2, 0) is 6.42 Å². The molecule has 2 rings (SSSR count). The SMILES string of the molecule is COc1cc(C)c(CC2CCC(C)CN2)cc1C. The van der Waals surface area contributed by atoms with E-state index in [0.717, 1.165) is 18.1 Å². The molecule has 1 heterocycles. The summed E-state index contributed by atoms with van der Waals surface area (Å²) in [6.07, 6.45) is 3.79. The van der Waals surface area contributed by atoms with Crippen LogP contribution in [0.15, 0.2) is 12.1 Å². The van der Waals surface area contributed by atoms with Crippen molar-refractivity contribution in [3.8, 4) is 5.75 Å². The van der Waals surface area contributed by atoms with Gasteiger partial charge in [0.1, 0.15) is 5.75 Å². The van der Waals surface area contributed by atoms with Crippen molar-refractivity contribution in [1.29, 1.82) is 0 Å². The molecule has 100 valence electrons. The molecule has 0 spiro atoms. The monoisotopic (exact) mass is 247 g/mol. The molecule has 0 radical (unpaired) electrons. The van der Waals surface area contributed by atoms with Gasteiger partial charge in [0.15, 0.2) is 0 Å². The van der Waals surface area contributed by atoms with Crippen LogP contribution in [0.1, 0.15) is 36.5 Å². The highest BCUT2D eigenvalue weighted by Gasteiger charge is 2.18. The molecule has 2 atom stereocenters. The van der Waals surface area contributed by atoms with Crippen LogP contribution in [0.3, 0.4) is 0 Å². The highest BCUT2D eigenvalue weighted by molar-refractivity contribution is 5.41. The lowest BCUT2D eigenvalue weighted by Crippen LogP contribution is -2.39. The van der Waals surface area contributed by atoms with E-state index in [1.807, 2.05) is 0 Å². The number of hydrogen-bond acceptors (Lipinski definition) is 2. The summed E-state index contributed by atoms with van der Waals surface area (Å²) >= 11 is 0. The highest BCUT2D eigenvalue weighted by Crippen LogP contribution is 2.25. The summed E-state index contributed by atoms with van der Waals surface area (Å²) in [5.41, 5.74) is 4.04. The van der Waals surface area contributed by atoms with Gasteiger partial charge in [-0.3, -0.25) is 0 Å². The maximum Gasteiger partial charge on any atom is 0.122 e. The summed E-state index contributed by atoms with van der Waals surface area (Å²) in [5.74, 6) is 1.83. The summed E-state index contributed by atoms with van der Waals surface area (Å²) < 4.78 is 5.37. The third-order valence-corrected chi connectivity index (χ3v) is 4.08. The minimum Gasteiger partial charge on any atom is -0.496 e. The van der Waals surface area contributed by atoms with Crippen molar-refractivity contribution in [1.82, 2.24) is 5.32 Å². The standard InChI is InChI=1S/C16H25NO/c1-11-5-6-15(17-10-11)9-14-7-13(3)16(18-4)8-12(14)2/h7-8,11,15,17H,5-6,9-10H2,1-4H3. The second-order valence-electron chi connectivity index (χ2n) is 5.74. The Hall–Kier alpha value is -1.02. The van der Waals surface area contributed by atoms with E-state index >= 15 is 0 Å². The lowest BCUT2D eigenvalue weighted by molar-refractivity contribution is 0.326. The molecule has 1 N–H and O–H groups in total. The van der Waals surface area contributed by atoms with Gasteiger partial charge in [-0.25, -0.2) is 0 Å². The first-order valence-electron chi connectivity index (χ1n) is 6.97. The van der Waals surface area contributed by atoms with Crippen LogP contribution in [0.5, 0.6) is 5.75 Å². The molecule has 0 bridgehead atoms. The molecule has 0 saturated carbocycles. The minimum absolute atomic E-state index is 0.646. The second kappa shape index (κ2) is 5.75. The zero-order chi connectivity index (χ0) is 13.1. The van der Waals surface area contributed by atoms with Crippen molar-refractivity contribution in [2.24, 2.45) is 5.92 Å². The number of benzene rings is 1. The van der Waals surface area contributed by atoms with E-state index in [9.17, 15) is 0 Å². The van der Waals surface area contributed by atoms with Crippen LogP contribution < -0.4 is 10.1 Å². The summed E-state index contributed by atoms with van der Waals surface area (Å²) in [7, 11) is 1.74. The number of methoxy groups -OCH3 is 1. The number of hydrogen-bond donors (Lipinski definition) is 1. The number of ether oxygens (including phenoxy) is 1. The topological polar surface area (TPSA) is 21.3 Å². The zero-order valence-electron chi connectivity index (χ0n) is 12.0. The van der Waals surface area contributed by atoms with Gasteiger partial charge in [0.2, 0.25) is 0 Å². The molecular formula is C16H25NO. The van der Waals surface area contributed by atoms with Crippen molar-refractivity contribution in [3.05, 3.63) is 28.8 Å². The Morgan fingerprint density at radius 3 is 2.61 bits per heavy atom. The molecule has 18 heavy (non-hydrogen) atoms. The highest BCUT2D eigenvalue weighted by atomic mass is 16.5. The van der Waals surface area contributed by atoms with Crippen LogP contribution in [0.25, 0.3) is 0 Å². The summed E-state index contributed by atoms with van der Waals surface area (Å²) in [5, 5.41) is 3.66. The quantitative estimate of drug-likeness (QED) is 0.885. The maximum atomic E-state index is 5.37. The van der Waals surface area contributed by atoms with E-state index in [4.69, 9.17) is 4.74 Å². The van der Waals surface area contributed by atoms with Gasteiger partial charge in [-0.15, -0.1) is 0 Å². The predicted molar refractivity (Wildman–Crippen MR) is 76.4 cm³/mol. The Morgan fingerprint density at radius 1 is 1.22 bits per heavy atom. The molecule has 0 aliphatic carbocycles. The van der Waals surface area contributed by atoms with Crippen molar-refractivity contribution in [2.75, 3.05) is 13.7 Å². The Kier molecular flexibility index (Phi) is 4.28. The molecule has 2 nitrogen and oxygen atoms in total. The van der Waals surface area contributed by atoms with Crippen LogP contribution in [0.4, 0.5) is 0 Å². The van der Waals surface area contributed by atoms with Crippen molar-refractivity contribution in [3.63, 3.8) is 0 Å². The van der Waals surface area contributed by atoms with Crippen LogP contribution >= 0.6 is 0 Å². The van der Waals surface area contributed by atoms with Gasteiger partial charge in [0.25, 0.3) is 0 Å². The largest absolute Gasteiger partial charge is 0.496 e. The van der Waals surface area contributed by atoms with Gasteiger partial charge in [-0.2, -0.15) is 0 Å². The molecule has 1 aliphatic rings. The van der Waals surface area contributed by atoms with Crippen molar-refractivity contribution < 1.29 is 4.74 Å². The van der Waals surface area contributed by atoms with Gasteiger partial charge in [0, 0.05) is 6.04 Å². The molecule has 2 unspecified atom stereocenters. The van der Waals surface area contributed by atoms with Crippen molar-refractivity contribution in [2.45, 2.75) is 46.1 Å². The van der Waals surface area contributed by atoms with Gasteiger partial charge in [-0.1, -0.05) is 13.0 Å². The molecule has 1 aromatic carbocycles. The van der Waals surface area contributed by atoms with E-state index in [0.29, 0.717) is 6.04 Å². The van der Waals surface area contributed by atoms with E-state index in [1.54, 1.807) is 7.11 Å². The fraction of sp³-hybridized carbons (Fsp3) is 0.625. The molecule has 1 aliphatic heterocycles. The molecule has 0 amide bonds. The lowest BCUT2D eigenvalue weighted by Gasteiger charge is -2.28. The minimum atomic E-state index is 0.646. The lowest BCUT2D eigenvalue weighted by atomic mass is 9.90. The number of aryl methyl sites for hydroxylation is 2. The molecule has 1 fully saturated rings. The van der Waals surface area contributed by atoms with E-state index in [-0.39, 0.29) is 0 Å². The Morgan fingerprint density at radius 2 is 2.00 bits per heavy atom. The second-order valence-corrected chi connectivity index (χ2v) is 5.74. The average molecular weight is 247 g/mol. The Labute approximate surface area is 111 Å². The number of nitrogens with one attached hydrogen (secondary N) is 1. The van der Waals surface area contributed by atoms with E-state index in [2.05, 4.69) is 38.2 Å². The van der Waals surface area contributed by atoms with Gasteiger partial charge in [-0.05, 0) is 68.3 Å². The first-order chi connectivity index (χ1) is 8.60. The molecule has 0 aromatic heterocycles. The first-order valence-corrected chi connectivity index (χ1v) is 6.97. The molecule has 1 aromatic rings. The Balaban J connectivity index is 2.07. The maximum absolute atomic E-state index is 5.37. The van der Waals surface area contributed by atoms with Gasteiger partial charge in [0.05, 0.1) is 7.11 Å². The summed E-state index contributed by atoms with van der Waals surface area (Å²) in [6, 6.07) is 5.09. The summed E-state index contributed by atoms with van der Waals surface area (Å²) in [6.45, 7) is 7.80. The average Bonchev–Trinajstić information content (AvgIpc) is 2.36. The van der Waals surface area contributed by atoms with Crippen LogP contribution in [0.2, 0.25) is 0 Å². The Bertz CT molecular complexity index is 406. The smallest absolute Gasteiger partial charge is 0.122 e. The van der Waals surface area contributed by atoms with Gasteiger partial charge < -0.3 is 10.1 Å². The fourth-order valence-electron chi connectivity index (χ4n) is 2.79. The van der Waals surface area contributed by atoms with E-state index in [1.165, 1.54) is 36.1 Å². The summed E-state index contributed by atoms with van der Waals surface area (Å²) in [4.78, 5) is 0. The third-order valence-electron chi connectivity index (χ3n) is 4.08. The zero-order valence-corrected chi connectivity index (χ0v) is 12.0. The normalized spacial score (nSPS) is 24.0. The fourth-order valence-corrected chi connectivity index (χ4v) is 2.79. The van der Waals surface area contributed by atoms with Crippen molar-refractivity contribution >= 4 is 0 Å². The van der Waals surface area contributed by atoms with Crippen LogP contribution in [-0.4, -0.2) is 19.7 Å². The van der Waals surface area contributed by atoms with Crippen LogP contribution in [0, 0.1) is 19.8 Å². The molecule has 1 saturated heterocycles. The number of piperidine rings is 1.